The third-order valence-corrected chi connectivity index (χ3v) is 6.69. The van der Waals surface area contributed by atoms with E-state index in [9.17, 15) is 23.1 Å². The Kier molecular flexibility index (Phi) is 7.12. The first-order chi connectivity index (χ1) is 16.6. The van der Waals surface area contributed by atoms with Crippen molar-refractivity contribution in [1.82, 2.24) is 9.88 Å². The van der Waals surface area contributed by atoms with E-state index in [1.807, 2.05) is 18.0 Å². The van der Waals surface area contributed by atoms with Crippen molar-refractivity contribution in [2.24, 2.45) is 0 Å². The largest absolute Gasteiger partial charge is 0.478 e. The Hall–Kier alpha value is -3.39. The quantitative estimate of drug-likeness (QED) is 0.459. The normalized spacial score (nSPS) is 16.1. The van der Waals surface area contributed by atoms with E-state index in [4.69, 9.17) is 0 Å². The molecule has 0 amide bonds. The number of pyridine rings is 1. The summed E-state index contributed by atoms with van der Waals surface area (Å²) in [5.41, 5.74) is 5.50. The van der Waals surface area contributed by atoms with E-state index in [1.54, 1.807) is 18.3 Å². The molecule has 0 fully saturated rings. The lowest BCUT2D eigenvalue weighted by Gasteiger charge is -2.35. The number of hydrogen-bond acceptors (Lipinski definition) is 4. The van der Waals surface area contributed by atoms with E-state index in [0.717, 1.165) is 36.3 Å². The van der Waals surface area contributed by atoms with Gasteiger partial charge in [-0.05, 0) is 78.9 Å². The second kappa shape index (κ2) is 10.1. The number of carbonyl (C=O) groups is 1. The molecule has 0 aliphatic carbocycles. The predicted molar refractivity (Wildman–Crippen MR) is 129 cm³/mol. The number of carboxylic acid groups (broad SMARTS) is 1. The Morgan fingerprint density at radius 3 is 2.54 bits per heavy atom. The van der Waals surface area contributed by atoms with E-state index >= 15 is 0 Å². The Morgan fingerprint density at radius 2 is 1.86 bits per heavy atom. The molecular weight excluding hydrogens is 455 g/mol. The molecule has 2 heterocycles. The van der Waals surface area contributed by atoms with Gasteiger partial charge < -0.3 is 10.0 Å². The van der Waals surface area contributed by atoms with Crippen LogP contribution in [0.2, 0.25) is 0 Å². The zero-order valence-electron chi connectivity index (χ0n) is 19.7. The Morgan fingerprint density at radius 1 is 1.14 bits per heavy atom. The van der Waals surface area contributed by atoms with Gasteiger partial charge >= 0.3 is 12.1 Å². The molecule has 1 aromatic heterocycles. The standard InChI is InChI=1S/C27H28F3N3O2/c1-32-14-12-19-15-22(33(2)21-6-3-18(4-7-21)16-27(28,29)30)8-9-23(19)25(32)10-5-20-17-31-13-11-24(20)26(34)35/h3-4,6-9,11,13,15,17,25H,5,10,12,14,16H2,1-2H3,(H,34,35)/t25-/m0/s1. The minimum absolute atomic E-state index is 0.154. The summed E-state index contributed by atoms with van der Waals surface area (Å²) in [7, 11) is 3.99. The third-order valence-electron chi connectivity index (χ3n) is 6.69. The number of fused-ring (bicyclic) bond motifs is 1. The highest BCUT2D eigenvalue weighted by atomic mass is 19.4. The molecule has 1 N–H and O–H groups in total. The molecule has 8 heteroatoms. The molecule has 0 unspecified atom stereocenters. The number of hydrogen-bond donors (Lipinski definition) is 1. The number of halogens is 3. The number of benzene rings is 2. The van der Waals surface area contributed by atoms with Crippen molar-refractivity contribution in [2.75, 3.05) is 25.5 Å². The van der Waals surface area contributed by atoms with Gasteiger partial charge in [0.1, 0.15) is 0 Å². The topological polar surface area (TPSA) is 56.7 Å². The summed E-state index contributed by atoms with van der Waals surface area (Å²) in [5.74, 6) is -0.945. The Balaban J connectivity index is 1.51. The van der Waals surface area contributed by atoms with Crippen LogP contribution < -0.4 is 4.90 Å². The first-order valence-corrected chi connectivity index (χ1v) is 11.5. The second-order valence-corrected chi connectivity index (χ2v) is 9.02. The molecule has 35 heavy (non-hydrogen) atoms. The highest BCUT2D eigenvalue weighted by molar-refractivity contribution is 5.89. The van der Waals surface area contributed by atoms with E-state index in [1.165, 1.54) is 35.5 Å². The van der Waals surface area contributed by atoms with E-state index in [0.29, 0.717) is 6.42 Å². The molecule has 5 nitrogen and oxygen atoms in total. The first-order valence-electron chi connectivity index (χ1n) is 11.5. The number of aromatic nitrogens is 1. The van der Waals surface area contributed by atoms with Gasteiger partial charge in [0.2, 0.25) is 0 Å². The minimum atomic E-state index is -4.22. The number of nitrogens with zero attached hydrogens (tertiary/aromatic N) is 3. The number of carboxylic acids is 1. The number of rotatable bonds is 7. The maximum atomic E-state index is 12.6. The van der Waals surface area contributed by atoms with Crippen LogP contribution in [0.4, 0.5) is 24.5 Å². The Labute approximate surface area is 202 Å². The zero-order valence-corrected chi connectivity index (χ0v) is 19.7. The lowest BCUT2D eigenvalue weighted by atomic mass is 9.88. The van der Waals surface area contributed by atoms with Gasteiger partial charge in [-0.15, -0.1) is 0 Å². The fourth-order valence-electron chi connectivity index (χ4n) is 4.75. The minimum Gasteiger partial charge on any atom is -0.478 e. The molecule has 2 aromatic carbocycles. The van der Waals surface area contributed by atoms with Crippen molar-refractivity contribution < 1.29 is 23.1 Å². The van der Waals surface area contributed by atoms with Crippen molar-refractivity contribution >= 4 is 17.3 Å². The van der Waals surface area contributed by atoms with Crippen LogP contribution in [0.25, 0.3) is 0 Å². The summed E-state index contributed by atoms with van der Waals surface area (Å²) in [6, 6.07) is 14.4. The van der Waals surface area contributed by atoms with Crippen molar-refractivity contribution in [3.8, 4) is 0 Å². The summed E-state index contributed by atoms with van der Waals surface area (Å²) >= 11 is 0. The summed E-state index contributed by atoms with van der Waals surface area (Å²) in [4.78, 5) is 19.9. The summed E-state index contributed by atoms with van der Waals surface area (Å²) in [5, 5.41) is 9.46. The molecule has 4 rings (SSSR count). The molecule has 0 radical (unpaired) electrons. The van der Waals surface area contributed by atoms with E-state index in [-0.39, 0.29) is 17.2 Å². The maximum Gasteiger partial charge on any atom is 0.393 e. The van der Waals surface area contributed by atoms with Crippen molar-refractivity contribution in [3.63, 3.8) is 0 Å². The fraction of sp³-hybridized carbons (Fsp3) is 0.333. The number of aryl methyl sites for hydroxylation is 1. The van der Waals surface area contributed by atoms with Crippen LogP contribution in [-0.2, 0) is 19.3 Å². The van der Waals surface area contributed by atoms with Crippen LogP contribution in [0.15, 0.2) is 60.9 Å². The highest BCUT2D eigenvalue weighted by Gasteiger charge is 2.28. The fourth-order valence-corrected chi connectivity index (χ4v) is 4.75. The van der Waals surface area contributed by atoms with Crippen molar-refractivity contribution in [2.45, 2.75) is 37.9 Å². The van der Waals surface area contributed by atoms with Gasteiger partial charge in [0.05, 0.1) is 12.0 Å². The maximum absolute atomic E-state index is 12.6. The van der Waals surface area contributed by atoms with Crippen LogP contribution in [0.1, 0.15) is 45.1 Å². The van der Waals surface area contributed by atoms with E-state index < -0.39 is 18.6 Å². The van der Waals surface area contributed by atoms with E-state index in [2.05, 4.69) is 29.1 Å². The number of anilines is 2. The second-order valence-electron chi connectivity index (χ2n) is 9.02. The average Bonchev–Trinajstić information content (AvgIpc) is 2.82. The molecule has 0 spiro atoms. The number of likely N-dealkylation sites (N-methyl/N-ethyl adjacent to an activating group) is 1. The van der Waals surface area contributed by atoms with Gasteiger partial charge in [0.25, 0.3) is 0 Å². The SMILES string of the molecule is CN(c1ccc(CC(F)(F)F)cc1)c1ccc2c(c1)CCN(C)[C@H]2CCc1cnccc1C(=O)O. The predicted octanol–water partition coefficient (Wildman–Crippen LogP) is 5.81. The van der Waals surface area contributed by atoms with Gasteiger partial charge in [-0.25, -0.2) is 4.79 Å². The van der Waals surface area contributed by atoms with Crippen LogP contribution in [-0.4, -0.2) is 47.8 Å². The summed E-state index contributed by atoms with van der Waals surface area (Å²) < 4.78 is 37.9. The highest BCUT2D eigenvalue weighted by Crippen LogP contribution is 2.36. The molecular formula is C27H28F3N3O2. The smallest absolute Gasteiger partial charge is 0.393 e. The van der Waals surface area contributed by atoms with Crippen molar-refractivity contribution in [1.29, 1.82) is 0 Å². The molecule has 3 aromatic rings. The van der Waals surface area contributed by atoms with Gasteiger partial charge in [-0.3, -0.25) is 9.88 Å². The van der Waals surface area contributed by atoms with Gasteiger partial charge in [-0.2, -0.15) is 13.2 Å². The zero-order chi connectivity index (χ0) is 25.2. The molecule has 0 bridgehead atoms. The molecule has 1 aliphatic heterocycles. The lowest BCUT2D eigenvalue weighted by molar-refractivity contribution is -0.127. The number of aromatic carboxylic acids is 1. The van der Waals surface area contributed by atoms with Crippen LogP contribution in [0, 0.1) is 0 Å². The van der Waals surface area contributed by atoms with Crippen LogP contribution in [0.3, 0.4) is 0 Å². The molecule has 1 aliphatic rings. The molecule has 1 atom stereocenters. The van der Waals surface area contributed by atoms with Gasteiger partial charge in [0.15, 0.2) is 0 Å². The molecule has 0 saturated carbocycles. The average molecular weight is 484 g/mol. The summed E-state index contributed by atoms with van der Waals surface area (Å²) in [6.07, 6.45) is 0.241. The van der Waals surface area contributed by atoms with Gasteiger partial charge in [-0.1, -0.05) is 18.2 Å². The van der Waals surface area contributed by atoms with Crippen LogP contribution >= 0.6 is 0 Å². The lowest BCUT2D eigenvalue weighted by Crippen LogP contribution is -2.32. The van der Waals surface area contributed by atoms with Crippen molar-refractivity contribution in [3.05, 3.63) is 88.7 Å². The molecule has 184 valence electrons. The number of alkyl halides is 3. The van der Waals surface area contributed by atoms with Crippen LogP contribution in [0.5, 0.6) is 0 Å². The summed E-state index contributed by atoms with van der Waals surface area (Å²) in [6.45, 7) is 0.885. The first kappa shape index (κ1) is 24.7. The third kappa shape index (κ3) is 5.82. The Bertz CT molecular complexity index is 1200. The molecule has 0 saturated heterocycles. The monoisotopic (exact) mass is 483 g/mol. The van der Waals surface area contributed by atoms with Gasteiger partial charge in [0, 0.05) is 43.4 Å².